The van der Waals surface area contributed by atoms with E-state index < -0.39 is 0 Å². The molecular weight excluding hydrogens is 242 g/mol. The molecule has 2 aliphatic carbocycles. The molecule has 2 aliphatic rings. The Balaban J connectivity index is 1.57. The van der Waals surface area contributed by atoms with E-state index in [9.17, 15) is 0 Å². The van der Waals surface area contributed by atoms with Gasteiger partial charge < -0.3 is 5.32 Å². The second-order valence-electron chi connectivity index (χ2n) is 6.98. The largest absolute Gasteiger partial charge is 0.316 e. The Morgan fingerprint density at radius 3 is 2.75 bits per heavy atom. The number of benzene rings is 1. The fourth-order valence-corrected chi connectivity index (χ4v) is 4.36. The number of nitrogens with one attached hydrogen (secondary N) is 1. The maximum Gasteiger partial charge on any atom is 0.00204 e. The Morgan fingerprint density at radius 1 is 1.15 bits per heavy atom. The molecule has 1 heteroatoms. The minimum atomic E-state index is 0.619. The molecule has 0 saturated heterocycles. The third-order valence-corrected chi connectivity index (χ3v) is 5.80. The molecule has 110 valence electrons. The third kappa shape index (κ3) is 2.93. The molecule has 1 nitrogen and oxygen atoms in total. The van der Waals surface area contributed by atoms with Crippen LogP contribution in [0.3, 0.4) is 0 Å². The molecule has 0 bridgehead atoms. The topological polar surface area (TPSA) is 12.0 Å². The Labute approximate surface area is 124 Å². The van der Waals surface area contributed by atoms with Crippen molar-refractivity contribution in [1.82, 2.24) is 5.32 Å². The highest BCUT2D eigenvalue weighted by Gasteiger charge is 2.31. The summed E-state index contributed by atoms with van der Waals surface area (Å²) in [6, 6.07) is 9.08. The summed E-state index contributed by atoms with van der Waals surface area (Å²) in [4.78, 5) is 0. The van der Waals surface area contributed by atoms with Crippen LogP contribution < -0.4 is 5.32 Å². The Bertz CT molecular complexity index is 431. The molecule has 1 aromatic carbocycles. The highest BCUT2D eigenvalue weighted by atomic mass is 14.9. The zero-order valence-electron chi connectivity index (χ0n) is 13.0. The van der Waals surface area contributed by atoms with Gasteiger partial charge in [-0.15, -0.1) is 0 Å². The summed E-state index contributed by atoms with van der Waals surface area (Å²) in [5.41, 5.74) is 3.83. The van der Waals surface area contributed by atoms with Crippen molar-refractivity contribution in [3.8, 4) is 0 Å². The summed E-state index contributed by atoms with van der Waals surface area (Å²) in [5, 5.41) is 3.83. The predicted octanol–water partition coefficient (Wildman–Crippen LogP) is 4.67. The van der Waals surface area contributed by atoms with Crippen LogP contribution in [0.4, 0.5) is 0 Å². The van der Waals surface area contributed by atoms with Crippen molar-refractivity contribution < 1.29 is 0 Å². The van der Waals surface area contributed by atoms with Crippen LogP contribution >= 0.6 is 0 Å². The highest BCUT2D eigenvalue weighted by molar-refractivity contribution is 5.32. The van der Waals surface area contributed by atoms with Crippen molar-refractivity contribution >= 4 is 0 Å². The summed E-state index contributed by atoms with van der Waals surface area (Å²) in [6.45, 7) is 4.80. The van der Waals surface area contributed by atoms with Gasteiger partial charge in [0.05, 0.1) is 0 Å². The average molecular weight is 271 g/mol. The van der Waals surface area contributed by atoms with Crippen molar-refractivity contribution in [2.24, 2.45) is 5.41 Å². The van der Waals surface area contributed by atoms with Gasteiger partial charge in [0.1, 0.15) is 0 Å². The van der Waals surface area contributed by atoms with E-state index in [1.165, 1.54) is 64.5 Å². The molecule has 0 spiro atoms. The molecule has 20 heavy (non-hydrogen) atoms. The van der Waals surface area contributed by atoms with Gasteiger partial charge in [0.2, 0.25) is 0 Å². The smallest absolute Gasteiger partial charge is 0.00204 e. The molecule has 1 N–H and O–H groups in total. The summed E-state index contributed by atoms with van der Waals surface area (Å²) >= 11 is 0. The van der Waals surface area contributed by atoms with E-state index >= 15 is 0 Å². The van der Waals surface area contributed by atoms with E-state index in [-0.39, 0.29) is 0 Å². The molecule has 1 fully saturated rings. The fourth-order valence-electron chi connectivity index (χ4n) is 4.36. The van der Waals surface area contributed by atoms with Crippen LogP contribution in [-0.2, 0) is 6.42 Å². The molecule has 0 radical (unpaired) electrons. The number of aryl methyl sites for hydroxylation is 1. The van der Waals surface area contributed by atoms with Crippen molar-refractivity contribution in [1.29, 1.82) is 0 Å². The Hall–Kier alpha value is -0.820. The van der Waals surface area contributed by atoms with E-state index in [0.29, 0.717) is 5.41 Å². The van der Waals surface area contributed by atoms with Gasteiger partial charge in [0.25, 0.3) is 0 Å². The van der Waals surface area contributed by atoms with E-state index in [0.717, 1.165) is 5.92 Å². The maximum atomic E-state index is 3.83. The zero-order valence-corrected chi connectivity index (χ0v) is 13.0. The summed E-state index contributed by atoms with van der Waals surface area (Å²) in [5.74, 6) is 0.746. The fraction of sp³-hybridized carbons (Fsp3) is 0.684. The monoisotopic (exact) mass is 271 g/mol. The summed E-state index contributed by atoms with van der Waals surface area (Å²) < 4.78 is 0. The molecule has 0 amide bonds. The molecule has 0 aromatic heterocycles. The van der Waals surface area contributed by atoms with Crippen molar-refractivity contribution in [3.63, 3.8) is 0 Å². The molecule has 1 saturated carbocycles. The maximum absolute atomic E-state index is 3.83. The van der Waals surface area contributed by atoms with Crippen LogP contribution in [-0.4, -0.2) is 13.1 Å². The predicted molar refractivity (Wildman–Crippen MR) is 86.2 cm³/mol. The number of hydrogen-bond acceptors (Lipinski definition) is 1. The lowest BCUT2D eigenvalue weighted by molar-refractivity contribution is 0.265. The second kappa shape index (κ2) is 6.30. The SMILES string of the molecule is CCC1(CNCC2CCCc3ccccc32)CCCC1. The van der Waals surface area contributed by atoms with E-state index in [1.807, 2.05) is 0 Å². The van der Waals surface area contributed by atoms with Crippen molar-refractivity contribution in [2.45, 2.75) is 64.2 Å². The van der Waals surface area contributed by atoms with Gasteiger partial charge in [-0.3, -0.25) is 0 Å². The average Bonchev–Trinajstić information content (AvgIpc) is 2.97. The van der Waals surface area contributed by atoms with Gasteiger partial charge in [-0.05, 0) is 61.0 Å². The lowest BCUT2D eigenvalue weighted by Crippen LogP contribution is -2.34. The number of fused-ring (bicyclic) bond motifs is 1. The molecule has 1 aromatic rings. The van der Waals surface area contributed by atoms with E-state index in [4.69, 9.17) is 0 Å². The second-order valence-corrected chi connectivity index (χ2v) is 6.98. The summed E-state index contributed by atoms with van der Waals surface area (Å²) in [7, 11) is 0. The van der Waals surface area contributed by atoms with Crippen LogP contribution in [0.2, 0.25) is 0 Å². The van der Waals surface area contributed by atoms with Crippen LogP contribution in [0.1, 0.15) is 68.9 Å². The number of rotatable bonds is 5. The Kier molecular flexibility index (Phi) is 4.45. The van der Waals surface area contributed by atoms with E-state index in [1.54, 1.807) is 11.1 Å². The standard InChI is InChI=1S/C19H29N/c1-2-19(12-5-6-13-19)15-20-14-17-10-7-9-16-8-3-4-11-18(16)17/h3-4,8,11,17,20H,2,5-7,9-10,12-15H2,1H3. The molecule has 1 unspecified atom stereocenters. The van der Waals surface area contributed by atoms with Crippen molar-refractivity contribution in [3.05, 3.63) is 35.4 Å². The summed E-state index contributed by atoms with van der Waals surface area (Å²) in [6.07, 6.45) is 11.1. The lowest BCUT2D eigenvalue weighted by atomic mass is 9.81. The first-order valence-corrected chi connectivity index (χ1v) is 8.61. The third-order valence-electron chi connectivity index (χ3n) is 5.80. The number of hydrogen-bond donors (Lipinski definition) is 1. The molecule has 0 heterocycles. The molecule has 1 atom stereocenters. The molecule has 0 aliphatic heterocycles. The van der Waals surface area contributed by atoms with Crippen LogP contribution in [0.25, 0.3) is 0 Å². The first kappa shape index (κ1) is 14.1. The molecule has 3 rings (SSSR count). The van der Waals surface area contributed by atoms with Gasteiger partial charge in [0, 0.05) is 13.1 Å². The highest BCUT2D eigenvalue weighted by Crippen LogP contribution is 2.40. The lowest BCUT2D eigenvalue weighted by Gasteiger charge is -2.31. The molecular formula is C19H29N. The van der Waals surface area contributed by atoms with Crippen molar-refractivity contribution in [2.75, 3.05) is 13.1 Å². The van der Waals surface area contributed by atoms with Crippen LogP contribution in [0, 0.1) is 5.41 Å². The van der Waals surface area contributed by atoms with Crippen LogP contribution in [0.15, 0.2) is 24.3 Å². The quantitative estimate of drug-likeness (QED) is 0.821. The minimum Gasteiger partial charge on any atom is -0.316 e. The minimum absolute atomic E-state index is 0.619. The van der Waals surface area contributed by atoms with Gasteiger partial charge in [-0.25, -0.2) is 0 Å². The van der Waals surface area contributed by atoms with E-state index in [2.05, 4.69) is 36.5 Å². The van der Waals surface area contributed by atoms with Gasteiger partial charge >= 0.3 is 0 Å². The zero-order chi connectivity index (χ0) is 13.8. The normalized spacial score (nSPS) is 24.6. The first-order valence-electron chi connectivity index (χ1n) is 8.61. The van der Waals surface area contributed by atoms with Gasteiger partial charge in [-0.2, -0.15) is 0 Å². The first-order chi connectivity index (χ1) is 9.83. The Morgan fingerprint density at radius 2 is 1.95 bits per heavy atom. The van der Waals surface area contributed by atoms with Gasteiger partial charge in [0.15, 0.2) is 0 Å². The van der Waals surface area contributed by atoms with Gasteiger partial charge in [-0.1, -0.05) is 44.0 Å². The van der Waals surface area contributed by atoms with Crippen LogP contribution in [0.5, 0.6) is 0 Å².